The second-order valence-electron chi connectivity index (χ2n) is 4.13. The zero-order valence-corrected chi connectivity index (χ0v) is 9.40. The van der Waals surface area contributed by atoms with E-state index in [0.717, 1.165) is 17.4 Å². The molecule has 14 heavy (non-hydrogen) atoms. The Bertz CT molecular complexity index is 306. The fraction of sp³-hybridized carbons (Fsp3) is 0.600. The molecule has 0 bridgehead atoms. The van der Waals surface area contributed by atoms with E-state index in [1.807, 2.05) is 18.4 Å². The Hall–Kier alpha value is -0.770. The molecule has 1 heterocycles. The fourth-order valence-electron chi connectivity index (χ4n) is 1.22. The summed E-state index contributed by atoms with van der Waals surface area (Å²) in [4.78, 5) is 0. The molecule has 0 unspecified atom stereocenters. The third-order valence-corrected chi connectivity index (χ3v) is 3.29. The molecule has 1 fully saturated rings. The predicted molar refractivity (Wildman–Crippen MR) is 59.6 cm³/mol. The van der Waals surface area contributed by atoms with Gasteiger partial charge in [-0.1, -0.05) is 6.92 Å². The maximum atomic E-state index is 4.10. The third kappa shape index (κ3) is 2.38. The molecule has 0 spiro atoms. The first-order valence-electron chi connectivity index (χ1n) is 4.83. The SMILES string of the molecule is CSc1ccc(NCC2(C)CC2)nn1. The van der Waals surface area contributed by atoms with Gasteiger partial charge in [0, 0.05) is 6.54 Å². The van der Waals surface area contributed by atoms with E-state index in [1.54, 1.807) is 11.8 Å². The van der Waals surface area contributed by atoms with Gasteiger partial charge < -0.3 is 5.32 Å². The monoisotopic (exact) mass is 209 g/mol. The van der Waals surface area contributed by atoms with E-state index in [1.165, 1.54) is 12.8 Å². The van der Waals surface area contributed by atoms with Gasteiger partial charge in [-0.2, -0.15) is 0 Å². The quantitative estimate of drug-likeness (QED) is 0.773. The first-order chi connectivity index (χ1) is 6.72. The van der Waals surface area contributed by atoms with Crippen molar-refractivity contribution in [1.29, 1.82) is 0 Å². The average Bonchev–Trinajstić information content (AvgIpc) is 2.95. The van der Waals surface area contributed by atoms with Crippen LogP contribution in [0.3, 0.4) is 0 Å². The maximum Gasteiger partial charge on any atom is 0.148 e. The topological polar surface area (TPSA) is 37.8 Å². The molecule has 0 aromatic carbocycles. The number of aromatic nitrogens is 2. The normalized spacial score (nSPS) is 17.9. The number of nitrogens with one attached hydrogen (secondary N) is 1. The minimum atomic E-state index is 0.514. The number of thioether (sulfide) groups is 1. The zero-order chi connectivity index (χ0) is 10.0. The van der Waals surface area contributed by atoms with Crippen LogP contribution >= 0.6 is 11.8 Å². The lowest BCUT2D eigenvalue weighted by Gasteiger charge is -2.09. The van der Waals surface area contributed by atoms with Gasteiger partial charge in [0.15, 0.2) is 0 Å². The highest BCUT2D eigenvalue weighted by molar-refractivity contribution is 7.98. The van der Waals surface area contributed by atoms with Crippen LogP contribution in [0.25, 0.3) is 0 Å². The van der Waals surface area contributed by atoms with Gasteiger partial charge in [0.05, 0.1) is 0 Å². The first kappa shape index (κ1) is 9.77. The molecule has 3 nitrogen and oxygen atoms in total. The molecule has 76 valence electrons. The molecular formula is C10H15N3S. The van der Waals surface area contributed by atoms with E-state index in [4.69, 9.17) is 0 Å². The zero-order valence-electron chi connectivity index (χ0n) is 8.58. The molecule has 0 radical (unpaired) electrons. The molecule has 0 atom stereocenters. The lowest BCUT2D eigenvalue weighted by molar-refractivity contribution is 0.608. The molecule has 1 saturated carbocycles. The molecule has 1 aromatic heterocycles. The first-order valence-corrected chi connectivity index (χ1v) is 6.06. The van der Waals surface area contributed by atoms with Crippen LogP contribution in [-0.4, -0.2) is 23.0 Å². The summed E-state index contributed by atoms with van der Waals surface area (Å²) >= 11 is 1.61. The molecule has 1 aromatic rings. The number of hydrogen-bond acceptors (Lipinski definition) is 4. The van der Waals surface area contributed by atoms with Crippen molar-refractivity contribution in [1.82, 2.24) is 10.2 Å². The molecule has 1 N–H and O–H groups in total. The Morgan fingerprint density at radius 3 is 2.71 bits per heavy atom. The van der Waals surface area contributed by atoms with Gasteiger partial charge >= 0.3 is 0 Å². The second kappa shape index (κ2) is 3.77. The van der Waals surface area contributed by atoms with E-state index < -0.39 is 0 Å². The summed E-state index contributed by atoms with van der Waals surface area (Å²) in [5.41, 5.74) is 0.514. The van der Waals surface area contributed by atoms with Crippen LogP contribution in [0.5, 0.6) is 0 Å². The standard InChI is InChI=1S/C10H15N3S/c1-10(5-6-10)7-11-8-3-4-9(14-2)13-12-8/h3-4H,5-7H2,1-2H3,(H,11,12). The third-order valence-electron chi connectivity index (χ3n) is 2.65. The van der Waals surface area contributed by atoms with E-state index >= 15 is 0 Å². The van der Waals surface area contributed by atoms with Crippen LogP contribution in [0.4, 0.5) is 5.82 Å². The van der Waals surface area contributed by atoms with Crippen molar-refractivity contribution in [2.75, 3.05) is 18.1 Å². The highest BCUT2D eigenvalue weighted by Crippen LogP contribution is 2.44. The molecule has 2 rings (SSSR count). The van der Waals surface area contributed by atoms with Gasteiger partial charge in [0.1, 0.15) is 10.8 Å². The number of hydrogen-bond donors (Lipinski definition) is 1. The van der Waals surface area contributed by atoms with Crippen molar-refractivity contribution in [2.45, 2.75) is 24.8 Å². The van der Waals surface area contributed by atoms with Gasteiger partial charge in [-0.15, -0.1) is 22.0 Å². The van der Waals surface area contributed by atoms with Crippen molar-refractivity contribution in [3.05, 3.63) is 12.1 Å². The Balaban J connectivity index is 1.89. The summed E-state index contributed by atoms with van der Waals surface area (Å²) < 4.78 is 0. The van der Waals surface area contributed by atoms with Gasteiger partial charge in [-0.05, 0) is 36.6 Å². The highest BCUT2D eigenvalue weighted by Gasteiger charge is 2.36. The lowest BCUT2D eigenvalue weighted by atomic mass is 10.1. The summed E-state index contributed by atoms with van der Waals surface area (Å²) in [5.74, 6) is 0.885. The van der Waals surface area contributed by atoms with Crippen molar-refractivity contribution in [3.63, 3.8) is 0 Å². The van der Waals surface area contributed by atoms with Crippen LogP contribution in [0, 0.1) is 5.41 Å². The molecule has 0 aliphatic heterocycles. The second-order valence-corrected chi connectivity index (χ2v) is 4.95. The van der Waals surface area contributed by atoms with Crippen molar-refractivity contribution in [3.8, 4) is 0 Å². The molecule has 4 heteroatoms. The fourth-order valence-corrected chi connectivity index (χ4v) is 1.54. The summed E-state index contributed by atoms with van der Waals surface area (Å²) in [7, 11) is 0. The minimum Gasteiger partial charge on any atom is -0.368 e. The van der Waals surface area contributed by atoms with E-state index in [2.05, 4.69) is 22.4 Å². The molecule has 1 aliphatic carbocycles. The Labute approximate surface area is 88.7 Å². The molecule has 0 amide bonds. The largest absolute Gasteiger partial charge is 0.368 e. The Kier molecular flexibility index (Phi) is 2.63. The van der Waals surface area contributed by atoms with Crippen molar-refractivity contribution in [2.24, 2.45) is 5.41 Å². The molecular weight excluding hydrogens is 194 g/mol. The van der Waals surface area contributed by atoms with Crippen LogP contribution < -0.4 is 5.32 Å². The Morgan fingerprint density at radius 1 is 1.43 bits per heavy atom. The van der Waals surface area contributed by atoms with Crippen LogP contribution in [0.1, 0.15) is 19.8 Å². The van der Waals surface area contributed by atoms with Crippen LogP contribution in [0.2, 0.25) is 0 Å². The minimum absolute atomic E-state index is 0.514. The smallest absolute Gasteiger partial charge is 0.148 e. The van der Waals surface area contributed by atoms with Crippen molar-refractivity contribution < 1.29 is 0 Å². The number of rotatable bonds is 4. The maximum absolute atomic E-state index is 4.10. The van der Waals surface area contributed by atoms with Crippen molar-refractivity contribution >= 4 is 17.6 Å². The van der Waals surface area contributed by atoms with Gasteiger partial charge in [-0.3, -0.25) is 0 Å². The van der Waals surface area contributed by atoms with E-state index in [-0.39, 0.29) is 0 Å². The molecule has 1 aliphatic rings. The molecule has 0 saturated heterocycles. The highest BCUT2D eigenvalue weighted by atomic mass is 32.2. The van der Waals surface area contributed by atoms with E-state index in [9.17, 15) is 0 Å². The van der Waals surface area contributed by atoms with Crippen LogP contribution in [-0.2, 0) is 0 Å². The Morgan fingerprint density at radius 2 is 2.21 bits per heavy atom. The summed E-state index contributed by atoms with van der Waals surface area (Å²) in [6.07, 6.45) is 4.66. The predicted octanol–water partition coefficient (Wildman–Crippen LogP) is 2.41. The van der Waals surface area contributed by atoms with Gasteiger partial charge in [-0.25, -0.2) is 0 Å². The summed E-state index contributed by atoms with van der Waals surface area (Å²) in [6, 6.07) is 3.99. The average molecular weight is 209 g/mol. The summed E-state index contributed by atoms with van der Waals surface area (Å²) in [6.45, 7) is 3.31. The lowest BCUT2D eigenvalue weighted by Crippen LogP contribution is -2.12. The van der Waals surface area contributed by atoms with E-state index in [0.29, 0.717) is 5.41 Å². The number of anilines is 1. The van der Waals surface area contributed by atoms with Crippen LogP contribution in [0.15, 0.2) is 17.2 Å². The summed E-state index contributed by atoms with van der Waals surface area (Å²) in [5, 5.41) is 12.4. The van der Waals surface area contributed by atoms with Gasteiger partial charge in [0.25, 0.3) is 0 Å². The van der Waals surface area contributed by atoms with Gasteiger partial charge in [0.2, 0.25) is 0 Å². The number of nitrogens with zero attached hydrogens (tertiary/aromatic N) is 2.